The Morgan fingerprint density at radius 2 is 2.21 bits per heavy atom. The van der Waals surface area contributed by atoms with Gasteiger partial charge < -0.3 is 15.0 Å². The number of esters is 1. The first-order valence-electron chi connectivity index (χ1n) is 7.29. The van der Waals surface area contributed by atoms with Gasteiger partial charge in [0.05, 0.1) is 18.6 Å². The van der Waals surface area contributed by atoms with Crippen LogP contribution in [0.2, 0.25) is 0 Å². The fraction of sp³-hybridized carbons (Fsp3) is 0.857. The van der Waals surface area contributed by atoms with Crippen LogP contribution < -0.4 is 5.32 Å². The highest BCUT2D eigenvalue weighted by molar-refractivity contribution is 5.83. The Bertz CT molecular complexity index is 346. The van der Waals surface area contributed by atoms with Crippen molar-refractivity contribution in [3.63, 3.8) is 0 Å². The maximum atomic E-state index is 11.9. The zero-order valence-corrected chi connectivity index (χ0v) is 11.9. The Labute approximate surface area is 114 Å². The SMILES string of the molecule is CCOC(=O)C1CCCC(NC2CCN(C)C2=O)C1. The number of rotatable bonds is 4. The molecule has 5 heteroatoms. The van der Waals surface area contributed by atoms with Gasteiger partial charge in [-0.05, 0) is 32.6 Å². The molecule has 19 heavy (non-hydrogen) atoms. The second kappa shape index (κ2) is 6.37. The molecule has 3 unspecified atom stereocenters. The van der Waals surface area contributed by atoms with E-state index in [4.69, 9.17) is 4.74 Å². The molecule has 1 saturated heterocycles. The van der Waals surface area contributed by atoms with Gasteiger partial charge in [0, 0.05) is 19.6 Å². The highest BCUT2D eigenvalue weighted by atomic mass is 16.5. The van der Waals surface area contributed by atoms with E-state index in [9.17, 15) is 9.59 Å². The van der Waals surface area contributed by atoms with Crippen LogP contribution in [0.15, 0.2) is 0 Å². The van der Waals surface area contributed by atoms with Crippen molar-refractivity contribution in [1.82, 2.24) is 10.2 Å². The third-order valence-electron chi connectivity index (χ3n) is 4.16. The number of hydrogen-bond donors (Lipinski definition) is 1. The number of nitrogens with one attached hydrogen (secondary N) is 1. The van der Waals surface area contributed by atoms with Gasteiger partial charge in [-0.3, -0.25) is 9.59 Å². The predicted molar refractivity (Wildman–Crippen MR) is 71.6 cm³/mol. The number of likely N-dealkylation sites (tertiary alicyclic amines) is 1. The molecule has 2 aliphatic rings. The summed E-state index contributed by atoms with van der Waals surface area (Å²) in [6, 6.07) is 0.208. The van der Waals surface area contributed by atoms with Crippen LogP contribution in [0.4, 0.5) is 0 Å². The summed E-state index contributed by atoms with van der Waals surface area (Å²) in [6.07, 6.45) is 4.65. The quantitative estimate of drug-likeness (QED) is 0.771. The van der Waals surface area contributed by atoms with Crippen LogP contribution in [0.25, 0.3) is 0 Å². The lowest BCUT2D eigenvalue weighted by molar-refractivity contribution is -0.149. The van der Waals surface area contributed by atoms with E-state index in [2.05, 4.69) is 5.32 Å². The molecule has 0 aromatic rings. The van der Waals surface area contributed by atoms with Crippen molar-refractivity contribution in [2.24, 2.45) is 5.92 Å². The van der Waals surface area contributed by atoms with Gasteiger partial charge in [-0.1, -0.05) is 6.42 Å². The number of hydrogen-bond acceptors (Lipinski definition) is 4. The lowest BCUT2D eigenvalue weighted by Gasteiger charge is -2.30. The van der Waals surface area contributed by atoms with Crippen LogP contribution in [-0.2, 0) is 14.3 Å². The van der Waals surface area contributed by atoms with E-state index >= 15 is 0 Å². The van der Waals surface area contributed by atoms with Crippen molar-refractivity contribution >= 4 is 11.9 Å². The van der Waals surface area contributed by atoms with Crippen LogP contribution >= 0.6 is 0 Å². The van der Waals surface area contributed by atoms with Crippen LogP contribution in [-0.4, -0.2) is 49.1 Å². The Kier molecular flexibility index (Phi) is 4.80. The molecule has 2 fully saturated rings. The Morgan fingerprint density at radius 3 is 2.84 bits per heavy atom. The minimum atomic E-state index is -0.0798. The molecule has 0 aromatic carbocycles. The molecule has 3 atom stereocenters. The molecule has 108 valence electrons. The molecule has 1 N–H and O–H groups in total. The van der Waals surface area contributed by atoms with E-state index in [0.717, 1.165) is 38.6 Å². The topological polar surface area (TPSA) is 58.6 Å². The standard InChI is InChI=1S/C14H24N2O3/c1-3-19-14(18)10-5-4-6-11(9-10)15-12-7-8-16(2)13(12)17/h10-12,15H,3-9H2,1-2H3. The largest absolute Gasteiger partial charge is 0.466 e. The molecule has 1 amide bonds. The second-order valence-corrected chi connectivity index (χ2v) is 5.58. The van der Waals surface area contributed by atoms with Crippen molar-refractivity contribution in [2.75, 3.05) is 20.2 Å². The normalized spacial score (nSPS) is 31.6. The summed E-state index contributed by atoms with van der Waals surface area (Å²) in [6.45, 7) is 3.10. The van der Waals surface area contributed by atoms with Gasteiger partial charge in [0.2, 0.25) is 5.91 Å². The Balaban J connectivity index is 1.84. The average Bonchev–Trinajstić information content (AvgIpc) is 2.71. The number of carbonyl (C=O) groups is 2. The first kappa shape index (κ1) is 14.3. The lowest BCUT2D eigenvalue weighted by Crippen LogP contribution is -2.45. The van der Waals surface area contributed by atoms with Crippen molar-refractivity contribution in [2.45, 2.75) is 51.1 Å². The minimum absolute atomic E-state index is 0.000402. The van der Waals surface area contributed by atoms with Crippen molar-refractivity contribution < 1.29 is 14.3 Å². The summed E-state index contributed by atoms with van der Waals surface area (Å²) in [5, 5.41) is 3.43. The number of amides is 1. The van der Waals surface area contributed by atoms with E-state index in [1.807, 2.05) is 14.0 Å². The molecule has 0 bridgehead atoms. The lowest BCUT2D eigenvalue weighted by atomic mass is 9.85. The molecule has 1 heterocycles. The molecule has 0 spiro atoms. The first-order chi connectivity index (χ1) is 9.11. The second-order valence-electron chi connectivity index (χ2n) is 5.58. The van der Waals surface area contributed by atoms with Gasteiger partial charge >= 0.3 is 5.97 Å². The van der Waals surface area contributed by atoms with Crippen molar-refractivity contribution in [3.05, 3.63) is 0 Å². The molecule has 1 saturated carbocycles. The summed E-state index contributed by atoms with van der Waals surface area (Å²) < 4.78 is 5.10. The molecule has 0 radical (unpaired) electrons. The molecular weight excluding hydrogens is 244 g/mol. The van der Waals surface area contributed by atoms with E-state index < -0.39 is 0 Å². The van der Waals surface area contributed by atoms with Gasteiger partial charge in [0.25, 0.3) is 0 Å². The van der Waals surface area contributed by atoms with E-state index in [-0.39, 0.29) is 29.9 Å². The molecule has 5 nitrogen and oxygen atoms in total. The summed E-state index contributed by atoms with van der Waals surface area (Å²) in [4.78, 5) is 25.4. The predicted octanol–water partition coefficient (Wildman–Crippen LogP) is 0.929. The van der Waals surface area contributed by atoms with Crippen LogP contribution in [0.5, 0.6) is 0 Å². The zero-order chi connectivity index (χ0) is 13.8. The molecule has 2 rings (SSSR count). The van der Waals surface area contributed by atoms with Gasteiger partial charge in [0.15, 0.2) is 0 Å². The minimum Gasteiger partial charge on any atom is -0.466 e. The van der Waals surface area contributed by atoms with Crippen LogP contribution in [0.3, 0.4) is 0 Å². The monoisotopic (exact) mass is 268 g/mol. The molecule has 0 aromatic heterocycles. The van der Waals surface area contributed by atoms with E-state index in [1.165, 1.54) is 0 Å². The number of likely N-dealkylation sites (N-methyl/N-ethyl adjacent to an activating group) is 1. The maximum absolute atomic E-state index is 11.9. The summed E-state index contributed by atoms with van der Waals surface area (Å²) in [5.74, 6) is 0.0996. The third kappa shape index (κ3) is 3.47. The fourth-order valence-electron chi connectivity index (χ4n) is 3.08. The van der Waals surface area contributed by atoms with Gasteiger partial charge in [-0.15, -0.1) is 0 Å². The Morgan fingerprint density at radius 1 is 1.42 bits per heavy atom. The number of ether oxygens (including phenoxy) is 1. The van der Waals surface area contributed by atoms with Crippen LogP contribution in [0.1, 0.15) is 39.0 Å². The summed E-state index contributed by atoms with van der Waals surface area (Å²) >= 11 is 0. The van der Waals surface area contributed by atoms with Crippen LogP contribution in [0, 0.1) is 5.92 Å². The first-order valence-corrected chi connectivity index (χ1v) is 7.29. The van der Waals surface area contributed by atoms with Crippen molar-refractivity contribution in [1.29, 1.82) is 0 Å². The Hall–Kier alpha value is -1.10. The summed E-state index contributed by atoms with van der Waals surface area (Å²) in [5.41, 5.74) is 0. The average molecular weight is 268 g/mol. The fourth-order valence-corrected chi connectivity index (χ4v) is 3.08. The molecule has 1 aliphatic heterocycles. The van der Waals surface area contributed by atoms with E-state index in [1.54, 1.807) is 4.90 Å². The van der Waals surface area contributed by atoms with Crippen molar-refractivity contribution in [3.8, 4) is 0 Å². The smallest absolute Gasteiger partial charge is 0.308 e. The van der Waals surface area contributed by atoms with Gasteiger partial charge in [-0.25, -0.2) is 0 Å². The third-order valence-corrected chi connectivity index (χ3v) is 4.16. The number of nitrogens with zero attached hydrogens (tertiary/aromatic N) is 1. The summed E-state index contributed by atoms with van der Waals surface area (Å²) in [7, 11) is 1.84. The maximum Gasteiger partial charge on any atom is 0.308 e. The van der Waals surface area contributed by atoms with E-state index in [0.29, 0.717) is 6.61 Å². The number of carbonyl (C=O) groups excluding carboxylic acids is 2. The highest BCUT2D eigenvalue weighted by Crippen LogP contribution is 2.26. The molecular formula is C14H24N2O3. The molecule has 1 aliphatic carbocycles. The highest BCUT2D eigenvalue weighted by Gasteiger charge is 2.34. The zero-order valence-electron chi connectivity index (χ0n) is 11.9. The van der Waals surface area contributed by atoms with Gasteiger partial charge in [-0.2, -0.15) is 0 Å². The van der Waals surface area contributed by atoms with Gasteiger partial charge in [0.1, 0.15) is 0 Å².